The zero-order valence-electron chi connectivity index (χ0n) is 11.6. The molecule has 1 aromatic carbocycles. The minimum atomic E-state index is -3.56. The van der Waals surface area contributed by atoms with E-state index in [2.05, 4.69) is 5.16 Å². The molecule has 7 heteroatoms. The second kappa shape index (κ2) is 5.26. The van der Waals surface area contributed by atoms with Gasteiger partial charge in [-0.15, -0.1) is 0 Å². The van der Waals surface area contributed by atoms with Crippen LogP contribution in [-0.2, 0) is 16.6 Å². The van der Waals surface area contributed by atoms with Gasteiger partial charge in [0.05, 0.1) is 10.6 Å². The number of hydrogen-bond acceptors (Lipinski definition) is 5. The van der Waals surface area contributed by atoms with E-state index in [1.807, 2.05) is 0 Å². The molecule has 6 nitrogen and oxygen atoms in total. The summed E-state index contributed by atoms with van der Waals surface area (Å²) in [6, 6.07) is 6.12. The fraction of sp³-hybridized carbons (Fsp3) is 0.308. The number of benzene rings is 1. The maximum absolute atomic E-state index is 12.4. The molecule has 2 aromatic rings. The first-order valence-electron chi connectivity index (χ1n) is 6.06. The fourth-order valence-electron chi connectivity index (χ4n) is 1.86. The van der Waals surface area contributed by atoms with Crippen molar-refractivity contribution in [3.63, 3.8) is 0 Å². The van der Waals surface area contributed by atoms with Crippen LogP contribution < -0.4 is 5.73 Å². The van der Waals surface area contributed by atoms with Gasteiger partial charge in [0.1, 0.15) is 5.76 Å². The summed E-state index contributed by atoms with van der Waals surface area (Å²) in [6.45, 7) is 3.77. The molecule has 0 amide bonds. The molecule has 20 heavy (non-hydrogen) atoms. The Balaban J connectivity index is 2.28. The molecule has 0 spiro atoms. The Morgan fingerprint density at radius 3 is 2.35 bits per heavy atom. The zero-order chi connectivity index (χ0) is 14.9. The molecule has 0 bridgehead atoms. The van der Waals surface area contributed by atoms with Crippen molar-refractivity contribution in [2.75, 3.05) is 12.8 Å². The van der Waals surface area contributed by atoms with E-state index in [1.54, 1.807) is 26.0 Å². The van der Waals surface area contributed by atoms with Crippen LogP contribution in [0.3, 0.4) is 0 Å². The van der Waals surface area contributed by atoms with Crippen LogP contribution in [0.5, 0.6) is 0 Å². The lowest BCUT2D eigenvalue weighted by Crippen LogP contribution is -2.26. The number of aromatic nitrogens is 1. The molecular formula is C13H17N3O3S. The Kier molecular flexibility index (Phi) is 3.82. The van der Waals surface area contributed by atoms with E-state index in [9.17, 15) is 8.42 Å². The first-order chi connectivity index (χ1) is 9.32. The predicted octanol–water partition coefficient (Wildman–Crippen LogP) is 1.69. The Morgan fingerprint density at radius 2 is 1.85 bits per heavy atom. The molecule has 0 aliphatic rings. The summed E-state index contributed by atoms with van der Waals surface area (Å²) >= 11 is 0. The number of sulfonamides is 1. The first-order valence-corrected chi connectivity index (χ1v) is 7.50. The largest absolute Gasteiger partial charge is 0.399 e. The van der Waals surface area contributed by atoms with Gasteiger partial charge in [-0.05, 0) is 38.1 Å². The minimum absolute atomic E-state index is 0.209. The quantitative estimate of drug-likeness (QED) is 0.867. The van der Waals surface area contributed by atoms with E-state index in [4.69, 9.17) is 10.3 Å². The monoisotopic (exact) mass is 295 g/mol. The van der Waals surface area contributed by atoms with Gasteiger partial charge in [-0.25, -0.2) is 8.42 Å². The van der Waals surface area contributed by atoms with Gasteiger partial charge >= 0.3 is 0 Å². The molecule has 0 radical (unpaired) electrons. The molecule has 0 saturated carbocycles. The summed E-state index contributed by atoms with van der Waals surface area (Å²) in [5.74, 6) is 0.627. The lowest BCUT2D eigenvalue weighted by molar-refractivity contribution is 0.390. The van der Waals surface area contributed by atoms with E-state index >= 15 is 0 Å². The van der Waals surface area contributed by atoms with Crippen LogP contribution in [0.15, 0.2) is 33.7 Å². The van der Waals surface area contributed by atoms with Crippen LogP contribution in [0.1, 0.15) is 17.0 Å². The van der Waals surface area contributed by atoms with Crippen LogP contribution in [0.2, 0.25) is 0 Å². The van der Waals surface area contributed by atoms with Crippen molar-refractivity contribution in [1.82, 2.24) is 9.46 Å². The van der Waals surface area contributed by atoms with Crippen molar-refractivity contribution >= 4 is 15.7 Å². The Morgan fingerprint density at radius 1 is 1.25 bits per heavy atom. The second-order valence-corrected chi connectivity index (χ2v) is 6.68. The smallest absolute Gasteiger partial charge is 0.243 e. The highest BCUT2D eigenvalue weighted by Gasteiger charge is 2.23. The van der Waals surface area contributed by atoms with Crippen LogP contribution in [-0.4, -0.2) is 24.9 Å². The van der Waals surface area contributed by atoms with Crippen molar-refractivity contribution in [2.45, 2.75) is 25.3 Å². The van der Waals surface area contributed by atoms with Crippen molar-refractivity contribution < 1.29 is 12.9 Å². The number of aryl methyl sites for hydroxylation is 2. The lowest BCUT2D eigenvalue weighted by atomic mass is 10.2. The summed E-state index contributed by atoms with van der Waals surface area (Å²) in [4.78, 5) is 0.209. The van der Waals surface area contributed by atoms with Gasteiger partial charge in [0.15, 0.2) is 0 Å². The average molecular weight is 295 g/mol. The summed E-state index contributed by atoms with van der Waals surface area (Å²) in [7, 11) is -2.03. The SMILES string of the molecule is Cc1noc(C)c1CN(C)S(=O)(=O)c1ccc(N)cc1. The zero-order valence-corrected chi connectivity index (χ0v) is 12.4. The molecule has 0 saturated heterocycles. The third-order valence-corrected chi connectivity index (χ3v) is 4.97. The molecule has 0 aliphatic carbocycles. The Bertz CT molecular complexity index is 685. The molecule has 0 unspecified atom stereocenters. The van der Waals surface area contributed by atoms with Crippen LogP contribution in [0.4, 0.5) is 5.69 Å². The summed E-state index contributed by atoms with van der Waals surface area (Å²) in [5.41, 5.74) is 7.57. The van der Waals surface area contributed by atoms with E-state index in [0.29, 0.717) is 17.1 Å². The predicted molar refractivity (Wildman–Crippen MR) is 75.5 cm³/mol. The van der Waals surface area contributed by atoms with E-state index in [1.165, 1.54) is 23.5 Å². The lowest BCUT2D eigenvalue weighted by Gasteiger charge is -2.17. The topological polar surface area (TPSA) is 89.4 Å². The number of nitrogens with two attached hydrogens (primary N) is 1. The number of nitrogen functional groups attached to an aromatic ring is 1. The summed E-state index contributed by atoms with van der Waals surface area (Å²) in [6.07, 6.45) is 0. The number of nitrogens with zero attached hydrogens (tertiary/aromatic N) is 2. The molecule has 2 rings (SSSR count). The normalized spacial score (nSPS) is 12.0. The molecule has 0 fully saturated rings. The van der Waals surface area contributed by atoms with Crippen LogP contribution >= 0.6 is 0 Å². The van der Waals surface area contributed by atoms with E-state index in [-0.39, 0.29) is 11.4 Å². The molecular weight excluding hydrogens is 278 g/mol. The van der Waals surface area contributed by atoms with Gasteiger partial charge < -0.3 is 10.3 Å². The van der Waals surface area contributed by atoms with Crippen molar-refractivity contribution in [3.8, 4) is 0 Å². The van der Waals surface area contributed by atoms with E-state index in [0.717, 1.165) is 5.56 Å². The second-order valence-electron chi connectivity index (χ2n) is 4.63. The third kappa shape index (κ3) is 2.68. The highest BCUT2D eigenvalue weighted by atomic mass is 32.2. The van der Waals surface area contributed by atoms with Gasteiger partial charge in [-0.3, -0.25) is 0 Å². The molecule has 0 atom stereocenters. The van der Waals surface area contributed by atoms with Crippen molar-refractivity contribution in [1.29, 1.82) is 0 Å². The molecule has 1 aromatic heterocycles. The highest BCUT2D eigenvalue weighted by Crippen LogP contribution is 2.20. The standard InChI is InChI=1S/C13H17N3O3S/c1-9-13(10(2)19-15-9)8-16(3)20(17,18)12-6-4-11(14)5-7-12/h4-7H,8,14H2,1-3H3. The summed E-state index contributed by atoms with van der Waals surface area (Å²) < 4.78 is 31.2. The van der Waals surface area contributed by atoms with Crippen molar-refractivity contribution in [2.24, 2.45) is 0 Å². The number of anilines is 1. The maximum Gasteiger partial charge on any atom is 0.243 e. The van der Waals surface area contributed by atoms with Gasteiger partial charge in [0, 0.05) is 24.8 Å². The van der Waals surface area contributed by atoms with Gasteiger partial charge in [0.2, 0.25) is 10.0 Å². The van der Waals surface area contributed by atoms with Crippen LogP contribution in [0, 0.1) is 13.8 Å². The Hall–Kier alpha value is -1.86. The first kappa shape index (κ1) is 14.5. The molecule has 2 N–H and O–H groups in total. The molecule has 1 heterocycles. The maximum atomic E-state index is 12.4. The number of rotatable bonds is 4. The number of hydrogen-bond donors (Lipinski definition) is 1. The van der Waals surface area contributed by atoms with Crippen molar-refractivity contribution in [3.05, 3.63) is 41.3 Å². The van der Waals surface area contributed by atoms with Gasteiger partial charge in [-0.1, -0.05) is 5.16 Å². The highest BCUT2D eigenvalue weighted by molar-refractivity contribution is 7.89. The average Bonchev–Trinajstić information content (AvgIpc) is 2.71. The molecule has 108 valence electrons. The fourth-order valence-corrected chi connectivity index (χ4v) is 2.99. The van der Waals surface area contributed by atoms with Gasteiger partial charge in [0.25, 0.3) is 0 Å². The van der Waals surface area contributed by atoms with Gasteiger partial charge in [-0.2, -0.15) is 4.31 Å². The minimum Gasteiger partial charge on any atom is -0.399 e. The van der Waals surface area contributed by atoms with E-state index < -0.39 is 10.0 Å². The third-order valence-electron chi connectivity index (χ3n) is 3.15. The van der Waals surface area contributed by atoms with Crippen LogP contribution in [0.25, 0.3) is 0 Å². The Labute approximate surface area is 118 Å². The summed E-state index contributed by atoms with van der Waals surface area (Å²) in [5, 5.41) is 3.82. The molecule has 0 aliphatic heterocycles.